The number of aromatic nitrogens is 1. The molecule has 18 heavy (non-hydrogen) atoms. The van der Waals surface area contributed by atoms with Gasteiger partial charge in [0.1, 0.15) is 11.8 Å². The Hall–Kier alpha value is -1.64. The molecule has 0 unspecified atom stereocenters. The third-order valence-electron chi connectivity index (χ3n) is 2.35. The van der Waals surface area contributed by atoms with Crippen molar-refractivity contribution >= 4 is 5.69 Å². The average molecular weight is 249 g/mol. The molecular weight excluding hydrogens is 230 g/mol. The lowest BCUT2D eigenvalue weighted by Gasteiger charge is -2.06. The number of nitrogens with zero attached hydrogens (tertiary/aromatic N) is 2. The zero-order valence-corrected chi connectivity index (χ0v) is 10.7. The zero-order chi connectivity index (χ0) is 13.1. The van der Waals surface area contributed by atoms with Gasteiger partial charge in [-0.1, -0.05) is 0 Å². The van der Waals surface area contributed by atoms with E-state index < -0.39 is 0 Å². The van der Waals surface area contributed by atoms with Crippen LogP contribution in [0.4, 0.5) is 5.69 Å². The molecule has 0 atom stereocenters. The number of rotatable bonds is 9. The summed E-state index contributed by atoms with van der Waals surface area (Å²) >= 11 is 0. The van der Waals surface area contributed by atoms with E-state index in [1.165, 1.54) is 0 Å². The number of methoxy groups -OCH3 is 1. The Morgan fingerprint density at radius 1 is 1.33 bits per heavy atom. The summed E-state index contributed by atoms with van der Waals surface area (Å²) < 4.78 is 10.2. The van der Waals surface area contributed by atoms with Crippen LogP contribution in [0.1, 0.15) is 18.5 Å². The monoisotopic (exact) mass is 249 g/mol. The van der Waals surface area contributed by atoms with E-state index in [1.54, 1.807) is 19.4 Å². The summed E-state index contributed by atoms with van der Waals surface area (Å²) in [5.74, 6) is 0. The van der Waals surface area contributed by atoms with Crippen molar-refractivity contribution in [1.29, 1.82) is 5.26 Å². The minimum Gasteiger partial charge on any atom is -0.385 e. The van der Waals surface area contributed by atoms with Gasteiger partial charge in [-0.2, -0.15) is 5.26 Å². The van der Waals surface area contributed by atoms with E-state index in [1.807, 2.05) is 12.1 Å². The lowest BCUT2D eigenvalue weighted by Crippen LogP contribution is -2.06. The molecule has 0 radical (unpaired) electrons. The van der Waals surface area contributed by atoms with Gasteiger partial charge in [0, 0.05) is 32.1 Å². The lowest BCUT2D eigenvalue weighted by atomic mass is 10.3. The van der Waals surface area contributed by atoms with Gasteiger partial charge in [-0.3, -0.25) is 0 Å². The normalized spacial score (nSPS) is 10.0. The second-order valence-electron chi connectivity index (χ2n) is 3.78. The second-order valence-corrected chi connectivity index (χ2v) is 3.78. The summed E-state index contributed by atoms with van der Waals surface area (Å²) in [6.07, 6.45) is 3.67. The molecule has 1 aromatic heterocycles. The Labute approximate surface area is 108 Å². The van der Waals surface area contributed by atoms with Crippen LogP contribution < -0.4 is 5.32 Å². The van der Waals surface area contributed by atoms with Crippen molar-refractivity contribution < 1.29 is 9.47 Å². The standard InChI is InChI=1S/C13H19N3O2/c1-17-8-9-18-7-3-2-5-15-12-4-6-16-13(10-12)11-14/h4,6,10H,2-3,5,7-9H2,1H3,(H,15,16). The Balaban J connectivity index is 2.05. The van der Waals surface area contributed by atoms with Gasteiger partial charge in [0.15, 0.2) is 0 Å². The van der Waals surface area contributed by atoms with Gasteiger partial charge in [-0.05, 0) is 25.0 Å². The molecule has 0 aromatic carbocycles. The van der Waals surface area contributed by atoms with Crippen LogP contribution in [-0.2, 0) is 9.47 Å². The number of hydrogen-bond donors (Lipinski definition) is 1. The van der Waals surface area contributed by atoms with E-state index >= 15 is 0 Å². The van der Waals surface area contributed by atoms with Crippen molar-refractivity contribution in [2.45, 2.75) is 12.8 Å². The molecule has 0 fully saturated rings. The van der Waals surface area contributed by atoms with Crippen molar-refractivity contribution in [3.63, 3.8) is 0 Å². The van der Waals surface area contributed by atoms with Gasteiger partial charge >= 0.3 is 0 Å². The summed E-state index contributed by atoms with van der Waals surface area (Å²) in [6, 6.07) is 5.62. The van der Waals surface area contributed by atoms with Gasteiger partial charge in [-0.15, -0.1) is 0 Å². The molecule has 0 aliphatic heterocycles. The van der Waals surface area contributed by atoms with Crippen LogP contribution in [0.5, 0.6) is 0 Å². The van der Waals surface area contributed by atoms with Crippen LogP contribution >= 0.6 is 0 Å². The number of anilines is 1. The molecule has 0 spiro atoms. The first-order chi connectivity index (χ1) is 8.86. The molecule has 0 amide bonds. The highest BCUT2D eigenvalue weighted by Gasteiger charge is 1.95. The summed E-state index contributed by atoms with van der Waals surface area (Å²) in [6.45, 7) is 2.92. The molecule has 1 N–H and O–H groups in total. The van der Waals surface area contributed by atoms with Gasteiger partial charge in [0.05, 0.1) is 13.2 Å². The fraction of sp³-hybridized carbons (Fsp3) is 0.538. The third-order valence-corrected chi connectivity index (χ3v) is 2.35. The first-order valence-electron chi connectivity index (χ1n) is 6.03. The molecule has 1 heterocycles. The Morgan fingerprint density at radius 2 is 2.22 bits per heavy atom. The molecule has 1 aromatic rings. The van der Waals surface area contributed by atoms with Crippen LogP contribution in [0.2, 0.25) is 0 Å². The molecule has 98 valence electrons. The van der Waals surface area contributed by atoms with Crippen molar-refractivity contribution in [2.75, 3.05) is 38.8 Å². The lowest BCUT2D eigenvalue weighted by molar-refractivity contribution is 0.0691. The predicted octanol–water partition coefficient (Wildman–Crippen LogP) is 1.81. The van der Waals surface area contributed by atoms with E-state index in [4.69, 9.17) is 14.7 Å². The van der Waals surface area contributed by atoms with E-state index in [0.717, 1.165) is 31.7 Å². The highest BCUT2D eigenvalue weighted by molar-refractivity contribution is 5.45. The van der Waals surface area contributed by atoms with E-state index in [2.05, 4.69) is 10.3 Å². The maximum Gasteiger partial charge on any atom is 0.142 e. The average Bonchev–Trinajstić information content (AvgIpc) is 2.42. The van der Waals surface area contributed by atoms with Crippen LogP contribution in [0.25, 0.3) is 0 Å². The summed E-state index contributed by atoms with van der Waals surface area (Å²) in [5.41, 5.74) is 1.37. The minimum atomic E-state index is 0.433. The first kappa shape index (κ1) is 14.4. The number of nitrogens with one attached hydrogen (secondary N) is 1. The van der Waals surface area contributed by atoms with Crippen molar-refractivity contribution in [3.8, 4) is 6.07 Å². The molecule has 0 saturated carbocycles. The summed E-state index contributed by atoms with van der Waals surface area (Å²) in [7, 11) is 1.66. The number of hydrogen-bond acceptors (Lipinski definition) is 5. The number of unbranched alkanes of at least 4 members (excludes halogenated alkanes) is 1. The largest absolute Gasteiger partial charge is 0.385 e. The molecule has 1 rings (SSSR count). The maximum atomic E-state index is 8.71. The molecule has 0 aliphatic rings. The van der Waals surface area contributed by atoms with Crippen LogP contribution in [0.15, 0.2) is 18.3 Å². The van der Waals surface area contributed by atoms with E-state index in [-0.39, 0.29) is 0 Å². The topological polar surface area (TPSA) is 67.2 Å². The molecule has 0 saturated heterocycles. The Bertz CT molecular complexity index is 377. The SMILES string of the molecule is COCCOCCCCNc1ccnc(C#N)c1. The van der Waals surface area contributed by atoms with E-state index in [0.29, 0.717) is 18.9 Å². The smallest absolute Gasteiger partial charge is 0.142 e. The Kier molecular flexibility index (Phi) is 7.53. The third kappa shape index (κ3) is 6.18. The molecule has 0 aliphatic carbocycles. The number of pyridine rings is 1. The number of ether oxygens (including phenoxy) is 2. The molecular formula is C13H19N3O2. The fourth-order valence-corrected chi connectivity index (χ4v) is 1.41. The van der Waals surface area contributed by atoms with Gasteiger partial charge < -0.3 is 14.8 Å². The Morgan fingerprint density at radius 3 is 3.00 bits per heavy atom. The van der Waals surface area contributed by atoms with Crippen LogP contribution in [0.3, 0.4) is 0 Å². The first-order valence-corrected chi connectivity index (χ1v) is 6.03. The molecule has 0 bridgehead atoms. The van der Waals surface area contributed by atoms with Crippen molar-refractivity contribution in [1.82, 2.24) is 4.98 Å². The highest BCUT2D eigenvalue weighted by atomic mass is 16.5. The molecule has 5 heteroatoms. The highest BCUT2D eigenvalue weighted by Crippen LogP contribution is 2.07. The molecule has 5 nitrogen and oxygen atoms in total. The predicted molar refractivity (Wildman–Crippen MR) is 69.4 cm³/mol. The van der Waals surface area contributed by atoms with Gasteiger partial charge in [0.2, 0.25) is 0 Å². The van der Waals surface area contributed by atoms with Crippen molar-refractivity contribution in [3.05, 3.63) is 24.0 Å². The number of nitriles is 1. The quantitative estimate of drug-likeness (QED) is 0.676. The summed E-state index contributed by atoms with van der Waals surface area (Å²) in [5, 5.41) is 12.0. The maximum absolute atomic E-state index is 8.71. The van der Waals surface area contributed by atoms with E-state index in [9.17, 15) is 0 Å². The van der Waals surface area contributed by atoms with Crippen LogP contribution in [0, 0.1) is 11.3 Å². The van der Waals surface area contributed by atoms with Gasteiger partial charge in [-0.25, -0.2) is 4.98 Å². The van der Waals surface area contributed by atoms with Gasteiger partial charge in [0.25, 0.3) is 0 Å². The minimum absolute atomic E-state index is 0.433. The van der Waals surface area contributed by atoms with Crippen molar-refractivity contribution in [2.24, 2.45) is 0 Å². The zero-order valence-electron chi connectivity index (χ0n) is 10.7. The fourth-order valence-electron chi connectivity index (χ4n) is 1.41. The second kappa shape index (κ2) is 9.40. The summed E-state index contributed by atoms with van der Waals surface area (Å²) in [4.78, 5) is 3.91. The van der Waals surface area contributed by atoms with Crippen LogP contribution in [-0.4, -0.2) is 38.5 Å².